The van der Waals surface area contributed by atoms with Crippen LogP contribution in [-0.4, -0.2) is 27.3 Å². The minimum Gasteiger partial charge on any atom is -0.388 e. The molecule has 0 saturated carbocycles. The third-order valence-corrected chi connectivity index (χ3v) is 4.30. The maximum absolute atomic E-state index is 12.3. The van der Waals surface area contributed by atoms with Crippen LogP contribution < -0.4 is 5.73 Å². The maximum atomic E-state index is 12.3. The molecule has 1 amide bonds. The average molecular weight is 305 g/mol. The van der Waals surface area contributed by atoms with E-state index in [0.29, 0.717) is 24.6 Å². The fourth-order valence-corrected chi connectivity index (χ4v) is 3.13. The largest absolute Gasteiger partial charge is 0.388 e. The van der Waals surface area contributed by atoms with Gasteiger partial charge in [0.05, 0.1) is 0 Å². The third-order valence-electron chi connectivity index (χ3n) is 4.11. The zero-order chi connectivity index (χ0) is 15.2. The van der Waals surface area contributed by atoms with Crippen LogP contribution in [0, 0.1) is 5.92 Å². The summed E-state index contributed by atoms with van der Waals surface area (Å²) >= 11 is 5.04. The van der Waals surface area contributed by atoms with Gasteiger partial charge in [-0.3, -0.25) is 9.78 Å². The smallest absolute Gasteiger partial charge is 0.222 e. The number of pyridine rings is 1. The summed E-state index contributed by atoms with van der Waals surface area (Å²) < 4.78 is 0. The van der Waals surface area contributed by atoms with E-state index in [0.717, 1.165) is 24.9 Å². The fourth-order valence-electron chi connectivity index (χ4n) is 2.95. The van der Waals surface area contributed by atoms with Crippen molar-refractivity contribution in [2.75, 3.05) is 6.54 Å². The number of likely N-dealkylation sites (tertiary alicyclic amines) is 1. The SMILES string of the molecule is CCCC1CCC(=O)N(Cc2cccnc2C(N)=S)CC1. The zero-order valence-electron chi connectivity index (χ0n) is 12.5. The molecule has 1 saturated heterocycles. The van der Waals surface area contributed by atoms with E-state index in [1.807, 2.05) is 17.0 Å². The highest BCUT2D eigenvalue weighted by atomic mass is 32.1. The van der Waals surface area contributed by atoms with Crippen molar-refractivity contribution in [1.29, 1.82) is 0 Å². The van der Waals surface area contributed by atoms with Crippen LogP contribution in [0.5, 0.6) is 0 Å². The van der Waals surface area contributed by atoms with E-state index in [2.05, 4.69) is 11.9 Å². The highest BCUT2D eigenvalue weighted by molar-refractivity contribution is 7.80. The predicted molar refractivity (Wildman–Crippen MR) is 87.8 cm³/mol. The van der Waals surface area contributed by atoms with Crippen LogP contribution in [-0.2, 0) is 11.3 Å². The molecule has 0 aromatic carbocycles. The van der Waals surface area contributed by atoms with Crippen molar-refractivity contribution < 1.29 is 4.79 Å². The lowest BCUT2D eigenvalue weighted by molar-refractivity contribution is -0.131. The topological polar surface area (TPSA) is 59.2 Å². The van der Waals surface area contributed by atoms with Gasteiger partial charge in [0.15, 0.2) is 0 Å². The highest BCUT2D eigenvalue weighted by Gasteiger charge is 2.23. The molecule has 2 N–H and O–H groups in total. The van der Waals surface area contributed by atoms with Gasteiger partial charge >= 0.3 is 0 Å². The van der Waals surface area contributed by atoms with Gasteiger partial charge in [-0.15, -0.1) is 0 Å². The van der Waals surface area contributed by atoms with Crippen molar-refractivity contribution >= 4 is 23.1 Å². The van der Waals surface area contributed by atoms with Crippen molar-refractivity contribution in [3.05, 3.63) is 29.6 Å². The van der Waals surface area contributed by atoms with Gasteiger partial charge in [-0.1, -0.05) is 38.0 Å². The molecule has 0 spiro atoms. The molecule has 1 aliphatic rings. The Bertz CT molecular complexity index is 518. The Kier molecular flexibility index (Phi) is 5.67. The molecule has 1 atom stereocenters. The lowest BCUT2D eigenvalue weighted by Crippen LogP contribution is -2.31. The van der Waals surface area contributed by atoms with Crippen LogP contribution in [0.3, 0.4) is 0 Å². The van der Waals surface area contributed by atoms with E-state index in [4.69, 9.17) is 18.0 Å². The first-order chi connectivity index (χ1) is 10.1. The summed E-state index contributed by atoms with van der Waals surface area (Å²) in [6, 6.07) is 3.81. The van der Waals surface area contributed by atoms with Crippen molar-refractivity contribution in [1.82, 2.24) is 9.88 Å². The van der Waals surface area contributed by atoms with Crippen LogP contribution in [0.15, 0.2) is 18.3 Å². The van der Waals surface area contributed by atoms with Crippen LogP contribution in [0.2, 0.25) is 0 Å². The van der Waals surface area contributed by atoms with Gasteiger partial charge in [0.2, 0.25) is 5.91 Å². The van der Waals surface area contributed by atoms with E-state index >= 15 is 0 Å². The van der Waals surface area contributed by atoms with Crippen molar-refractivity contribution in [2.45, 2.75) is 45.6 Å². The van der Waals surface area contributed by atoms with Crippen molar-refractivity contribution in [3.63, 3.8) is 0 Å². The summed E-state index contributed by atoms with van der Waals surface area (Å²) in [5, 5.41) is 0. The Balaban J connectivity index is 2.08. The summed E-state index contributed by atoms with van der Waals surface area (Å²) in [5.74, 6) is 0.902. The summed E-state index contributed by atoms with van der Waals surface area (Å²) in [5.41, 5.74) is 7.28. The normalized spacial score (nSPS) is 19.4. The Hall–Kier alpha value is -1.49. The zero-order valence-corrected chi connectivity index (χ0v) is 13.4. The number of nitrogens with two attached hydrogens (primary N) is 1. The first kappa shape index (κ1) is 15.9. The molecule has 1 fully saturated rings. The van der Waals surface area contributed by atoms with E-state index < -0.39 is 0 Å². The molecular weight excluding hydrogens is 282 g/mol. The monoisotopic (exact) mass is 305 g/mol. The Morgan fingerprint density at radius 3 is 3.05 bits per heavy atom. The molecule has 1 aliphatic heterocycles. The second-order valence-corrected chi connectivity index (χ2v) is 6.11. The molecule has 2 heterocycles. The second-order valence-electron chi connectivity index (χ2n) is 5.67. The van der Waals surface area contributed by atoms with Crippen LogP contribution in [0.1, 0.15) is 50.3 Å². The van der Waals surface area contributed by atoms with Gasteiger partial charge in [0.25, 0.3) is 0 Å². The van der Waals surface area contributed by atoms with E-state index in [1.165, 1.54) is 12.8 Å². The van der Waals surface area contributed by atoms with Crippen LogP contribution in [0.25, 0.3) is 0 Å². The Labute approximate surface area is 131 Å². The molecule has 0 aliphatic carbocycles. The minimum atomic E-state index is 0.228. The molecule has 5 heteroatoms. The van der Waals surface area contributed by atoms with Crippen molar-refractivity contribution in [3.8, 4) is 0 Å². The van der Waals surface area contributed by atoms with E-state index in [1.54, 1.807) is 6.20 Å². The molecular formula is C16H23N3OS. The number of thiocarbonyl (C=S) groups is 1. The molecule has 2 rings (SSSR count). The lowest BCUT2D eigenvalue weighted by atomic mass is 9.96. The van der Waals surface area contributed by atoms with E-state index in [-0.39, 0.29) is 10.9 Å². The molecule has 1 aromatic heterocycles. The standard InChI is InChI=1S/C16H23N3OS/c1-2-4-12-6-7-14(20)19(10-8-12)11-13-5-3-9-18-15(13)16(17)21/h3,5,9,12H,2,4,6-8,10-11H2,1H3,(H2,17,21). The number of hydrogen-bond donors (Lipinski definition) is 1. The first-order valence-corrected chi connectivity index (χ1v) is 8.04. The molecule has 0 radical (unpaired) electrons. The summed E-state index contributed by atoms with van der Waals surface area (Å²) in [6.45, 7) is 3.57. The Morgan fingerprint density at radius 2 is 2.33 bits per heavy atom. The van der Waals surface area contributed by atoms with Crippen LogP contribution >= 0.6 is 12.2 Å². The van der Waals surface area contributed by atoms with Gasteiger partial charge in [-0.2, -0.15) is 0 Å². The Morgan fingerprint density at radius 1 is 1.52 bits per heavy atom. The van der Waals surface area contributed by atoms with Crippen molar-refractivity contribution in [2.24, 2.45) is 11.7 Å². The first-order valence-electron chi connectivity index (χ1n) is 7.63. The molecule has 4 nitrogen and oxygen atoms in total. The fraction of sp³-hybridized carbons (Fsp3) is 0.562. The summed E-state index contributed by atoms with van der Waals surface area (Å²) in [6.07, 6.45) is 6.83. The predicted octanol–water partition coefficient (Wildman–Crippen LogP) is 2.64. The second kappa shape index (κ2) is 7.50. The van der Waals surface area contributed by atoms with Gasteiger partial charge < -0.3 is 10.6 Å². The summed E-state index contributed by atoms with van der Waals surface area (Å²) in [4.78, 5) is 18.7. The molecule has 114 valence electrons. The van der Waals surface area contributed by atoms with Gasteiger partial charge in [-0.25, -0.2) is 0 Å². The number of amides is 1. The van der Waals surface area contributed by atoms with Gasteiger partial charge in [-0.05, 0) is 24.8 Å². The quantitative estimate of drug-likeness (QED) is 0.850. The van der Waals surface area contributed by atoms with Gasteiger partial charge in [0, 0.05) is 31.3 Å². The minimum absolute atomic E-state index is 0.228. The number of hydrogen-bond acceptors (Lipinski definition) is 3. The number of nitrogens with zero attached hydrogens (tertiary/aromatic N) is 2. The molecule has 1 aromatic rings. The van der Waals surface area contributed by atoms with Gasteiger partial charge in [0.1, 0.15) is 10.7 Å². The van der Waals surface area contributed by atoms with E-state index in [9.17, 15) is 4.79 Å². The lowest BCUT2D eigenvalue weighted by Gasteiger charge is -2.22. The highest BCUT2D eigenvalue weighted by Crippen LogP contribution is 2.24. The van der Waals surface area contributed by atoms with Crippen LogP contribution in [0.4, 0.5) is 0 Å². The molecule has 21 heavy (non-hydrogen) atoms. The number of carbonyl (C=O) groups is 1. The summed E-state index contributed by atoms with van der Waals surface area (Å²) in [7, 11) is 0. The third kappa shape index (κ3) is 4.24. The average Bonchev–Trinajstić information content (AvgIpc) is 2.64. The maximum Gasteiger partial charge on any atom is 0.222 e. The number of carbonyl (C=O) groups excluding carboxylic acids is 1. The number of rotatable bonds is 5. The molecule has 0 bridgehead atoms. The number of aromatic nitrogens is 1. The molecule has 1 unspecified atom stereocenters.